The number of esters is 4. The van der Waals surface area contributed by atoms with Crippen LogP contribution < -0.4 is 0 Å². The molecular weight excluding hydrogens is 264 g/mol. The molecule has 0 aromatic rings. The molecule has 0 bridgehead atoms. The minimum absolute atomic E-state index is 0.307. The van der Waals surface area contributed by atoms with Gasteiger partial charge in [0.1, 0.15) is 0 Å². The summed E-state index contributed by atoms with van der Waals surface area (Å²) in [5.41, 5.74) is -1.59. The fourth-order valence-electron chi connectivity index (χ4n) is 0.819. The van der Waals surface area contributed by atoms with Crippen LogP contribution in [0.15, 0.2) is 0 Å². The van der Waals surface area contributed by atoms with Gasteiger partial charge in [-0.15, -0.1) is 0 Å². The van der Waals surface area contributed by atoms with Crippen molar-refractivity contribution in [1.82, 2.24) is 0 Å². The number of hydrogen-bond donors (Lipinski definition) is 0. The lowest BCUT2D eigenvalue weighted by atomic mass is 9.97. The molecule has 0 heterocycles. The second-order valence-electron chi connectivity index (χ2n) is 6.52. The summed E-state index contributed by atoms with van der Waals surface area (Å²) in [7, 11) is 0. The largest absolute Gasteiger partial charge is 0.393 e. The molecule has 0 saturated carbocycles. The van der Waals surface area contributed by atoms with Gasteiger partial charge in [0, 0.05) is 0 Å². The Morgan fingerprint density at radius 3 is 1.10 bits per heavy atom. The van der Waals surface area contributed by atoms with E-state index in [1.807, 2.05) is 0 Å². The molecule has 0 aliphatic rings. The Kier molecular flexibility index (Phi) is 6.06. The van der Waals surface area contributed by atoms with E-state index in [-0.39, 0.29) is 12.8 Å². The summed E-state index contributed by atoms with van der Waals surface area (Å²) in [5, 5.41) is 0. The van der Waals surface area contributed by atoms with Crippen LogP contribution >= 0.6 is 0 Å². The van der Waals surface area contributed by atoms with Crippen molar-refractivity contribution in [3.63, 3.8) is 0 Å². The highest BCUT2D eigenvalue weighted by Gasteiger charge is 2.28. The van der Waals surface area contributed by atoms with Crippen LogP contribution in [0.3, 0.4) is 0 Å². The summed E-state index contributed by atoms with van der Waals surface area (Å²) in [4.78, 5) is 45.5. The van der Waals surface area contributed by atoms with E-state index in [2.05, 4.69) is 9.47 Å². The molecular formula is C14H22O6. The van der Waals surface area contributed by atoms with Crippen molar-refractivity contribution in [3.05, 3.63) is 0 Å². The number of hydrogen-bond acceptors (Lipinski definition) is 6. The molecule has 0 aliphatic carbocycles. The molecule has 0 rings (SSSR count). The molecule has 0 aliphatic heterocycles. The summed E-state index contributed by atoms with van der Waals surface area (Å²) in [6, 6.07) is 0. The van der Waals surface area contributed by atoms with Gasteiger partial charge in [0.25, 0.3) is 0 Å². The normalized spacial score (nSPS) is 11.7. The van der Waals surface area contributed by atoms with Crippen LogP contribution in [0.4, 0.5) is 0 Å². The standard InChI is InChI=1S/C14H22O6/c1-13(2,3)11(17)19-9(15)7-8-10(16)20-12(18)14(4,5)6/h7-8H2,1-6H3. The molecule has 0 aromatic heterocycles. The summed E-state index contributed by atoms with van der Waals surface area (Å²) in [5.74, 6) is -2.96. The lowest BCUT2D eigenvalue weighted by Gasteiger charge is -2.16. The van der Waals surface area contributed by atoms with Crippen LogP contribution in [0.5, 0.6) is 0 Å². The van der Waals surface area contributed by atoms with Crippen LogP contribution in [0.25, 0.3) is 0 Å². The number of ether oxygens (including phenoxy) is 2. The third kappa shape index (κ3) is 7.01. The summed E-state index contributed by atoms with van der Waals surface area (Å²) < 4.78 is 9.13. The van der Waals surface area contributed by atoms with Gasteiger partial charge in [-0.2, -0.15) is 0 Å². The van der Waals surface area contributed by atoms with Gasteiger partial charge < -0.3 is 9.47 Å². The van der Waals surface area contributed by atoms with Crippen molar-refractivity contribution in [2.75, 3.05) is 0 Å². The summed E-state index contributed by atoms with van der Waals surface area (Å²) in [6.45, 7) is 9.66. The highest BCUT2D eigenvalue weighted by molar-refractivity contribution is 5.92. The molecule has 114 valence electrons. The minimum atomic E-state index is -0.815. The van der Waals surface area contributed by atoms with Gasteiger partial charge in [-0.05, 0) is 41.5 Å². The monoisotopic (exact) mass is 286 g/mol. The van der Waals surface area contributed by atoms with Gasteiger partial charge in [0.15, 0.2) is 0 Å². The van der Waals surface area contributed by atoms with E-state index in [1.54, 1.807) is 41.5 Å². The van der Waals surface area contributed by atoms with Crippen molar-refractivity contribution < 1.29 is 28.7 Å². The molecule has 0 aromatic carbocycles. The molecule has 0 N–H and O–H groups in total. The van der Waals surface area contributed by atoms with Crippen LogP contribution in [-0.2, 0) is 28.7 Å². The van der Waals surface area contributed by atoms with Crippen LogP contribution in [-0.4, -0.2) is 23.9 Å². The topological polar surface area (TPSA) is 86.7 Å². The Bertz CT molecular complexity index is 368. The summed E-state index contributed by atoms with van der Waals surface area (Å²) >= 11 is 0. The highest BCUT2D eigenvalue weighted by Crippen LogP contribution is 2.17. The van der Waals surface area contributed by atoms with E-state index in [9.17, 15) is 19.2 Å². The van der Waals surface area contributed by atoms with Crippen molar-refractivity contribution in [2.45, 2.75) is 54.4 Å². The second-order valence-corrected chi connectivity index (χ2v) is 6.52. The zero-order valence-electron chi connectivity index (χ0n) is 12.9. The zero-order valence-corrected chi connectivity index (χ0v) is 12.9. The smallest absolute Gasteiger partial charge is 0.318 e. The van der Waals surface area contributed by atoms with Crippen LogP contribution in [0.2, 0.25) is 0 Å². The van der Waals surface area contributed by atoms with Gasteiger partial charge in [-0.25, -0.2) is 0 Å². The van der Waals surface area contributed by atoms with E-state index >= 15 is 0 Å². The first-order chi connectivity index (χ1) is 8.84. The predicted octanol–water partition coefficient (Wildman–Crippen LogP) is 2.00. The molecule has 0 atom stereocenters. The Labute approximate surface area is 118 Å². The first-order valence-corrected chi connectivity index (χ1v) is 6.34. The Hall–Kier alpha value is -1.72. The minimum Gasteiger partial charge on any atom is -0.393 e. The fourth-order valence-corrected chi connectivity index (χ4v) is 0.819. The van der Waals surface area contributed by atoms with Gasteiger partial charge >= 0.3 is 23.9 Å². The lowest BCUT2D eigenvalue weighted by Crippen LogP contribution is -2.27. The van der Waals surface area contributed by atoms with E-state index in [1.165, 1.54) is 0 Å². The lowest BCUT2D eigenvalue weighted by molar-refractivity contribution is -0.170. The maximum Gasteiger partial charge on any atom is 0.318 e. The molecule has 0 unspecified atom stereocenters. The van der Waals surface area contributed by atoms with E-state index in [0.29, 0.717) is 0 Å². The highest BCUT2D eigenvalue weighted by atomic mass is 16.6. The van der Waals surface area contributed by atoms with Crippen LogP contribution in [0.1, 0.15) is 54.4 Å². The molecule has 0 spiro atoms. The van der Waals surface area contributed by atoms with Crippen molar-refractivity contribution in [3.8, 4) is 0 Å². The van der Waals surface area contributed by atoms with Gasteiger partial charge in [-0.1, -0.05) is 0 Å². The third-order valence-electron chi connectivity index (χ3n) is 2.17. The number of carbonyl (C=O) groups excluding carboxylic acids is 4. The Morgan fingerprint density at radius 1 is 0.650 bits per heavy atom. The summed E-state index contributed by atoms with van der Waals surface area (Å²) in [6.07, 6.45) is -0.615. The first-order valence-electron chi connectivity index (χ1n) is 6.34. The molecule has 0 saturated heterocycles. The fraction of sp³-hybridized carbons (Fsp3) is 0.714. The average molecular weight is 286 g/mol. The zero-order chi connectivity index (χ0) is 16.1. The Balaban J connectivity index is 4.18. The van der Waals surface area contributed by atoms with Crippen LogP contribution in [0, 0.1) is 10.8 Å². The quantitative estimate of drug-likeness (QED) is 0.582. The van der Waals surface area contributed by atoms with Gasteiger partial charge in [0.05, 0.1) is 23.7 Å². The Morgan fingerprint density at radius 2 is 0.900 bits per heavy atom. The molecule has 0 fully saturated rings. The third-order valence-corrected chi connectivity index (χ3v) is 2.17. The SMILES string of the molecule is CC(C)(C)C(=O)OC(=O)CCC(=O)OC(=O)C(C)(C)C. The average Bonchev–Trinajstić information content (AvgIpc) is 2.23. The molecule has 6 nitrogen and oxygen atoms in total. The van der Waals surface area contributed by atoms with Crippen molar-refractivity contribution in [2.24, 2.45) is 10.8 Å². The number of rotatable bonds is 3. The van der Waals surface area contributed by atoms with Gasteiger partial charge in [-0.3, -0.25) is 19.2 Å². The number of carbonyl (C=O) groups is 4. The maximum absolute atomic E-state index is 11.4. The van der Waals surface area contributed by atoms with E-state index in [0.717, 1.165) is 0 Å². The predicted molar refractivity (Wildman–Crippen MR) is 70.3 cm³/mol. The van der Waals surface area contributed by atoms with Crippen molar-refractivity contribution >= 4 is 23.9 Å². The molecule has 6 heteroatoms. The second kappa shape index (κ2) is 6.63. The van der Waals surface area contributed by atoms with Crippen molar-refractivity contribution in [1.29, 1.82) is 0 Å². The first kappa shape index (κ1) is 18.3. The molecule has 20 heavy (non-hydrogen) atoms. The maximum atomic E-state index is 11.4. The van der Waals surface area contributed by atoms with Gasteiger partial charge in [0.2, 0.25) is 0 Å². The van der Waals surface area contributed by atoms with E-state index in [4.69, 9.17) is 0 Å². The van der Waals surface area contributed by atoms with E-state index < -0.39 is 34.7 Å². The molecule has 0 amide bonds. The molecule has 0 radical (unpaired) electrons.